The molecular weight excluding hydrogens is 276 g/mol. The van der Waals surface area contributed by atoms with Crippen molar-refractivity contribution < 1.29 is 8.78 Å². The molecule has 2 aromatic carbocycles. The molecule has 0 aliphatic carbocycles. The van der Waals surface area contributed by atoms with Gasteiger partial charge in [0.15, 0.2) is 0 Å². The van der Waals surface area contributed by atoms with Crippen LogP contribution in [0.2, 0.25) is 0 Å². The van der Waals surface area contributed by atoms with Crippen LogP contribution >= 0.6 is 0 Å². The fourth-order valence-corrected chi connectivity index (χ4v) is 1.95. The van der Waals surface area contributed by atoms with E-state index in [4.69, 9.17) is 5.84 Å². The van der Waals surface area contributed by atoms with Gasteiger partial charge in [-0.2, -0.15) is 4.98 Å². The maximum Gasteiger partial charge on any atom is 0.239 e. The van der Waals surface area contributed by atoms with E-state index < -0.39 is 11.6 Å². The van der Waals surface area contributed by atoms with Gasteiger partial charge in [-0.15, -0.1) is 0 Å². The molecule has 1 heterocycles. The molecule has 0 fully saturated rings. The summed E-state index contributed by atoms with van der Waals surface area (Å²) in [6.07, 6.45) is 0. The van der Waals surface area contributed by atoms with E-state index in [0.717, 1.165) is 12.1 Å². The zero-order valence-corrected chi connectivity index (χ0v) is 10.8. The molecule has 0 atom stereocenters. The van der Waals surface area contributed by atoms with Crippen LogP contribution in [0.3, 0.4) is 0 Å². The molecule has 0 radical (unpaired) electrons. The Labute approximate surface area is 118 Å². The first-order valence-corrected chi connectivity index (χ1v) is 6.13. The highest BCUT2D eigenvalue weighted by Crippen LogP contribution is 2.26. The van der Waals surface area contributed by atoms with E-state index >= 15 is 0 Å². The van der Waals surface area contributed by atoms with Crippen LogP contribution in [0.1, 0.15) is 0 Å². The van der Waals surface area contributed by atoms with Crippen molar-refractivity contribution in [2.24, 2.45) is 5.84 Å². The molecule has 0 unspecified atom stereocenters. The van der Waals surface area contributed by atoms with Crippen LogP contribution in [0.4, 0.5) is 26.2 Å². The minimum absolute atomic E-state index is 0.114. The number of rotatable bonds is 3. The molecule has 0 amide bonds. The molecule has 0 saturated heterocycles. The lowest BCUT2D eigenvalue weighted by Crippen LogP contribution is -2.11. The van der Waals surface area contributed by atoms with E-state index in [1.54, 1.807) is 12.1 Å². The highest BCUT2D eigenvalue weighted by Gasteiger charge is 2.10. The second kappa shape index (κ2) is 5.29. The number of aromatic nitrogens is 2. The van der Waals surface area contributed by atoms with Crippen molar-refractivity contribution in [1.29, 1.82) is 0 Å². The van der Waals surface area contributed by atoms with Crippen LogP contribution in [0.5, 0.6) is 0 Å². The number of nitrogen functional groups attached to an aromatic ring is 1. The molecule has 0 bridgehead atoms. The number of hydrazine groups is 1. The van der Waals surface area contributed by atoms with Crippen molar-refractivity contribution in [1.82, 2.24) is 9.97 Å². The summed E-state index contributed by atoms with van der Waals surface area (Å²) in [6.45, 7) is 0. The quantitative estimate of drug-likeness (QED) is 0.510. The Balaban J connectivity index is 2.10. The predicted molar refractivity (Wildman–Crippen MR) is 77.0 cm³/mol. The van der Waals surface area contributed by atoms with E-state index in [2.05, 4.69) is 20.7 Å². The van der Waals surface area contributed by atoms with Gasteiger partial charge in [0.2, 0.25) is 5.95 Å². The van der Waals surface area contributed by atoms with E-state index in [-0.39, 0.29) is 11.6 Å². The molecule has 5 nitrogen and oxygen atoms in total. The predicted octanol–water partition coefficient (Wildman–Crippen LogP) is 2.94. The van der Waals surface area contributed by atoms with Crippen molar-refractivity contribution in [3.05, 3.63) is 54.1 Å². The van der Waals surface area contributed by atoms with E-state index in [1.807, 2.05) is 12.1 Å². The maximum atomic E-state index is 13.7. The highest BCUT2D eigenvalue weighted by molar-refractivity contribution is 5.91. The minimum atomic E-state index is -0.708. The molecule has 21 heavy (non-hydrogen) atoms. The summed E-state index contributed by atoms with van der Waals surface area (Å²) in [5.41, 5.74) is 3.11. The number of nitrogens with one attached hydrogen (secondary N) is 2. The number of anilines is 3. The normalized spacial score (nSPS) is 10.6. The second-order valence-electron chi connectivity index (χ2n) is 4.31. The number of para-hydroxylation sites is 1. The molecule has 0 spiro atoms. The lowest BCUT2D eigenvalue weighted by Gasteiger charge is -2.11. The third-order valence-corrected chi connectivity index (χ3v) is 2.92. The third kappa shape index (κ3) is 2.59. The van der Waals surface area contributed by atoms with Gasteiger partial charge in [0.05, 0.1) is 11.2 Å². The van der Waals surface area contributed by atoms with Crippen LogP contribution in [0, 0.1) is 11.6 Å². The van der Waals surface area contributed by atoms with E-state index in [1.165, 1.54) is 6.07 Å². The van der Waals surface area contributed by atoms with Gasteiger partial charge in [0, 0.05) is 11.5 Å². The summed E-state index contributed by atoms with van der Waals surface area (Å²) in [4.78, 5) is 8.35. The van der Waals surface area contributed by atoms with Gasteiger partial charge in [0.25, 0.3) is 0 Å². The fourth-order valence-electron chi connectivity index (χ4n) is 1.95. The summed E-state index contributed by atoms with van der Waals surface area (Å²) in [5.74, 6) is 4.54. The molecule has 1 aromatic heterocycles. The molecule has 3 aromatic rings. The number of fused-ring (bicyclic) bond motifs is 1. The summed E-state index contributed by atoms with van der Waals surface area (Å²) >= 11 is 0. The molecule has 3 rings (SSSR count). The molecule has 106 valence electrons. The topological polar surface area (TPSA) is 75.9 Å². The summed E-state index contributed by atoms with van der Waals surface area (Å²) < 4.78 is 26.7. The van der Waals surface area contributed by atoms with Gasteiger partial charge in [-0.25, -0.2) is 19.6 Å². The fraction of sp³-hybridized carbons (Fsp3) is 0. The molecule has 4 N–H and O–H groups in total. The molecule has 0 aliphatic heterocycles. The lowest BCUT2D eigenvalue weighted by atomic mass is 10.2. The van der Waals surface area contributed by atoms with Crippen LogP contribution in [0.15, 0.2) is 42.5 Å². The van der Waals surface area contributed by atoms with Crippen molar-refractivity contribution in [3.63, 3.8) is 0 Å². The Morgan fingerprint density at radius 1 is 1.00 bits per heavy atom. The second-order valence-corrected chi connectivity index (χ2v) is 4.31. The average molecular weight is 287 g/mol. The van der Waals surface area contributed by atoms with Gasteiger partial charge < -0.3 is 5.32 Å². The molecule has 0 saturated carbocycles. The van der Waals surface area contributed by atoms with Gasteiger partial charge >= 0.3 is 0 Å². The zero-order valence-electron chi connectivity index (χ0n) is 10.8. The summed E-state index contributed by atoms with van der Waals surface area (Å²) in [6, 6.07) is 10.5. The molecular formula is C14H11F2N5. The first-order valence-electron chi connectivity index (χ1n) is 6.13. The number of hydrogen-bond donors (Lipinski definition) is 3. The summed E-state index contributed by atoms with van der Waals surface area (Å²) in [5, 5.41) is 3.52. The van der Waals surface area contributed by atoms with Crippen LogP contribution in [0.25, 0.3) is 10.9 Å². The highest BCUT2D eigenvalue weighted by atomic mass is 19.1. The number of halogens is 2. The third-order valence-electron chi connectivity index (χ3n) is 2.92. The van der Waals surface area contributed by atoms with Gasteiger partial charge in [-0.05, 0) is 24.3 Å². The largest absolute Gasteiger partial charge is 0.337 e. The zero-order chi connectivity index (χ0) is 14.8. The average Bonchev–Trinajstić information content (AvgIpc) is 2.49. The Bertz CT molecular complexity index is 806. The van der Waals surface area contributed by atoms with Crippen molar-refractivity contribution in [2.45, 2.75) is 0 Å². The minimum Gasteiger partial charge on any atom is -0.337 e. The standard InChI is InChI=1S/C14H11F2N5/c15-8-5-6-12(10(16)7-8)18-13-9-3-1-2-4-11(9)19-14(20-13)21-17/h1-7H,17H2,(H2,18,19,20,21). The van der Waals surface area contributed by atoms with Gasteiger partial charge in [-0.1, -0.05) is 12.1 Å². The van der Waals surface area contributed by atoms with E-state index in [0.29, 0.717) is 16.7 Å². The van der Waals surface area contributed by atoms with Gasteiger partial charge in [0.1, 0.15) is 17.5 Å². The lowest BCUT2D eigenvalue weighted by molar-refractivity contribution is 0.586. The Kier molecular flexibility index (Phi) is 3.33. The number of nitrogens with zero attached hydrogens (tertiary/aromatic N) is 2. The van der Waals surface area contributed by atoms with Crippen LogP contribution < -0.4 is 16.6 Å². The van der Waals surface area contributed by atoms with Crippen molar-refractivity contribution in [2.75, 3.05) is 10.7 Å². The number of nitrogens with two attached hydrogens (primary N) is 1. The van der Waals surface area contributed by atoms with Crippen molar-refractivity contribution >= 4 is 28.4 Å². The number of benzene rings is 2. The van der Waals surface area contributed by atoms with E-state index in [9.17, 15) is 8.78 Å². The van der Waals surface area contributed by atoms with Crippen LogP contribution in [-0.2, 0) is 0 Å². The van der Waals surface area contributed by atoms with Gasteiger partial charge in [-0.3, -0.25) is 5.43 Å². The van der Waals surface area contributed by atoms with Crippen molar-refractivity contribution in [3.8, 4) is 0 Å². The SMILES string of the molecule is NNc1nc(Nc2ccc(F)cc2F)c2ccccc2n1. The maximum absolute atomic E-state index is 13.7. The first-order chi connectivity index (χ1) is 10.2. The molecule has 7 heteroatoms. The van der Waals surface area contributed by atoms with Crippen LogP contribution in [-0.4, -0.2) is 9.97 Å². The Morgan fingerprint density at radius 3 is 2.57 bits per heavy atom. The first kappa shape index (κ1) is 13.2. The molecule has 0 aliphatic rings. The summed E-state index contributed by atoms with van der Waals surface area (Å²) in [7, 11) is 0. The smallest absolute Gasteiger partial charge is 0.239 e. The Hall–Kier alpha value is -2.80. The Morgan fingerprint density at radius 2 is 1.81 bits per heavy atom. The number of hydrogen-bond acceptors (Lipinski definition) is 5. The monoisotopic (exact) mass is 287 g/mol.